The minimum absolute atomic E-state index is 0.0686. The first kappa shape index (κ1) is 20.9. The number of amides is 2. The van der Waals surface area contributed by atoms with Gasteiger partial charge in [-0.2, -0.15) is 17.0 Å². The molecule has 0 radical (unpaired) electrons. The molecule has 0 saturated carbocycles. The maximum atomic E-state index is 12.2. The van der Waals surface area contributed by atoms with E-state index in [1.165, 1.54) is 5.56 Å². The molecule has 5 heteroatoms. The van der Waals surface area contributed by atoms with Crippen LogP contribution in [0.1, 0.15) is 42.0 Å². The van der Waals surface area contributed by atoms with Gasteiger partial charge in [-0.3, -0.25) is 0 Å². The number of carbonyl (C=O) groups excluding carboxylic acids is 1. The minimum atomic E-state index is -0.0686. The molecule has 0 aromatic heterocycles. The van der Waals surface area contributed by atoms with Crippen LogP contribution in [0.3, 0.4) is 0 Å². The number of benzene rings is 2. The topological polar surface area (TPSA) is 56.1 Å². The van der Waals surface area contributed by atoms with E-state index in [9.17, 15) is 4.79 Å². The third kappa shape index (κ3) is 6.65. The Morgan fingerprint density at radius 1 is 1.19 bits per heavy atom. The van der Waals surface area contributed by atoms with Crippen LogP contribution < -0.4 is 5.32 Å². The predicted molar refractivity (Wildman–Crippen MR) is 113 cm³/mol. The highest BCUT2D eigenvalue weighted by molar-refractivity contribution is 7.98. The molecule has 0 spiro atoms. The first-order valence-electron chi connectivity index (χ1n) is 9.14. The maximum Gasteiger partial charge on any atom is 0.317 e. The SMILES string of the molecule is CC(C)c1ccc(CN(C)C(=O)NCCSCc2ccccc2C#N)cc1. The molecule has 142 valence electrons. The number of nitrogens with one attached hydrogen (secondary N) is 1. The van der Waals surface area contributed by atoms with Gasteiger partial charge < -0.3 is 10.2 Å². The number of carbonyl (C=O) groups is 1. The van der Waals surface area contributed by atoms with E-state index in [4.69, 9.17) is 5.26 Å². The van der Waals surface area contributed by atoms with Crippen molar-refractivity contribution in [1.82, 2.24) is 10.2 Å². The van der Waals surface area contributed by atoms with Gasteiger partial charge in [0, 0.05) is 31.6 Å². The Bertz CT molecular complexity index is 781. The van der Waals surface area contributed by atoms with Gasteiger partial charge in [0.1, 0.15) is 0 Å². The summed E-state index contributed by atoms with van der Waals surface area (Å²) in [4.78, 5) is 13.9. The Morgan fingerprint density at radius 2 is 1.89 bits per heavy atom. The molecule has 2 amide bonds. The average Bonchev–Trinajstić information content (AvgIpc) is 2.68. The summed E-state index contributed by atoms with van der Waals surface area (Å²) >= 11 is 1.71. The Kier molecular flexibility index (Phi) is 8.22. The summed E-state index contributed by atoms with van der Waals surface area (Å²) in [6, 6.07) is 18.2. The zero-order valence-corrected chi connectivity index (χ0v) is 17.1. The highest BCUT2D eigenvalue weighted by Gasteiger charge is 2.09. The molecule has 2 aromatic carbocycles. The quantitative estimate of drug-likeness (QED) is 0.671. The second kappa shape index (κ2) is 10.6. The first-order valence-corrected chi connectivity index (χ1v) is 10.3. The van der Waals surface area contributed by atoms with Gasteiger partial charge in [-0.05, 0) is 28.7 Å². The lowest BCUT2D eigenvalue weighted by atomic mass is 10.0. The van der Waals surface area contributed by atoms with E-state index in [-0.39, 0.29) is 6.03 Å². The minimum Gasteiger partial charge on any atom is -0.337 e. The number of thioether (sulfide) groups is 1. The highest BCUT2D eigenvalue weighted by atomic mass is 32.2. The molecule has 0 bridgehead atoms. The molecule has 0 unspecified atom stereocenters. The zero-order chi connectivity index (χ0) is 19.6. The third-order valence-electron chi connectivity index (χ3n) is 4.33. The van der Waals surface area contributed by atoms with Crippen LogP contribution in [0.25, 0.3) is 0 Å². The van der Waals surface area contributed by atoms with Gasteiger partial charge in [0.05, 0.1) is 11.6 Å². The van der Waals surface area contributed by atoms with E-state index >= 15 is 0 Å². The van der Waals surface area contributed by atoms with Crippen LogP contribution in [0.15, 0.2) is 48.5 Å². The molecule has 2 rings (SSSR count). The average molecular weight is 382 g/mol. The standard InChI is InChI=1S/C22H27N3OS/c1-17(2)19-10-8-18(9-11-19)15-25(3)22(26)24-12-13-27-16-21-7-5-4-6-20(21)14-23/h4-11,17H,12-13,15-16H2,1-3H3,(H,24,26). The summed E-state index contributed by atoms with van der Waals surface area (Å²) in [5.41, 5.74) is 4.19. The van der Waals surface area contributed by atoms with Crippen LogP contribution in [0.4, 0.5) is 4.79 Å². The Morgan fingerprint density at radius 3 is 2.56 bits per heavy atom. The van der Waals surface area contributed by atoms with Gasteiger partial charge in [-0.15, -0.1) is 0 Å². The second-order valence-electron chi connectivity index (χ2n) is 6.81. The summed E-state index contributed by atoms with van der Waals surface area (Å²) in [5.74, 6) is 2.10. The van der Waals surface area contributed by atoms with Crippen molar-refractivity contribution in [2.75, 3.05) is 19.3 Å². The summed E-state index contributed by atoms with van der Waals surface area (Å²) in [5, 5.41) is 12.0. The van der Waals surface area contributed by atoms with E-state index in [2.05, 4.69) is 49.5 Å². The fourth-order valence-electron chi connectivity index (χ4n) is 2.66. The molecule has 1 N–H and O–H groups in total. The number of hydrogen-bond donors (Lipinski definition) is 1. The van der Waals surface area contributed by atoms with Gasteiger partial charge >= 0.3 is 6.03 Å². The summed E-state index contributed by atoms with van der Waals surface area (Å²) in [6.07, 6.45) is 0. The zero-order valence-electron chi connectivity index (χ0n) is 16.2. The molecule has 4 nitrogen and oxygen atoms in total. The monoisotopic (exact) mass is 381 g/mol. The Hall–Kier alpha value is -2.45. The highest BCUT2D eigenvalue weighted by Crippen LogP contribution is 2.16. The molecule has 0 saturated heterocycles. The number of nitrogens with zero attached hydrogens (tertiary/aromatic N) is 2. The van der Waals surface area contributed by atoms with E-state index in [0.29, 0.717) is 19.0 Å². The van der Waals surface area contributed by atoms with E-state index in [0.717, 1.165) is 28.2 Å². The van der Waals surface area contributed by atoms with Crippen molar-refractivity contribution in [3.05, 3.63) is 70.8 Å². The molecule has 0 aliphatic carbocycles. The molecule has 0 aliphatic heterocycles. The van der Waals surface area contributed by atoms with Gasteiger partial charge in [-0.25, -0.2) is 4.79 Å². The lowest BCUT2D eigenvalue weighted by Gasteiger charge is -2.18. The molecular weight excluding hydrogens is 354 g/mol. The van der Waals surface area contributed by atoms with Gasteiger partial charge in [0.2, 0.25) is 0 Å². The van der Waals surface area contributed by atoms with Gasteiger partial charge in [-0.1, -0.05) is 56.3 Å². The van der Waals surface area contributed by atoms with Gasteiger partial charge in [0.25, 0.3) is 0 Å². The lowest BCUT2D eigenvalue weighted by molar-refractivity contribution is 0.207. The van der Waals surface area contributed by atoms with Crippen molar-refractivity contribution in [2.45, 2.75) is 32.1 Å². The smallest absolute Gasteiger partial charge is 0.317 e. The number of nitriles is 1. The molecule has 0 fully saturated rings. The summed E-state index contributed by atoms with van der Waals surface area (Å²) < 4.78 is 0. The number of urea groups is 1. The number of hydrogen-bond acceptors (Lipinski definition) is 3. The second-order valence-corrected chi connectivity index (χ2v) is 7.91. The van der Waals surface area contributed by atoms with E-state index < -0.39 is 0 Å². The fourth-order valence-corrected chi connectivity index (χ4v) is 3.52. The molecule has 0 aliphatic rings. The van der Waals surface area contributed by atoms with Crippen LogP contribution in [-0.4, -0.2) is 30.3 Å². The van der Waals surface area contributed by atoms with Crippen molar-refractivity contribution in [3.8, 4) is 6.07 Å². The predicted octanol–water partition coefficient (Wildman–Crippen LogP) is 4.76. The fraction of sp³-hybridized carbons (Fsp3) is 0.364. The van der Waals surface area contributed by atoms with Crippen LogP contribution in [0, 0.1) is 11.3 Å². The summed E-state index contributed by atoms with van der Waals surface area (Å²) in [7, 11) is 1.81. The lowest BCUT2D eigenvalue weighted by Crippen LogP contribution is -2.37. The molecular formula is C22H27N3OS. The normalized spacial score (nSPS) is 10.5. The van der Waals surface area contributed by atoms with Crippen LogP contribution >= 0.6 is 11.8 Å². The van der Waals surface area contributed by atoms with Crippen molar-refractivity contribution in [1.29, 1.82) is 5.26 Å². The van der Waals surface area contributed by atoms with Crippen LogP contribution in [0.5, 0.6) is 0 Å². The molecule has 0 atom stereocenters. The molecule has 0 heterocycles. The molecule has 2 aromatic rings. The van der Waals surface area contributed by atoms with Crippen LogP contribution in [-0.2, 0) is 12.3 Å². The van der Waals surface area contributed by atoms with Gasteiger partial charge in [0.15, 0.2) is 0 Å². The first-order chi connectivity index (χ1) is 13.0. The van der Waals surface area contributed by atoms with E-state index in [1.807, 2.05) is 31.3 Å². The van der Waals surface area contributed by atoms with Crippen molar-refractivity contribution in [2.24, 2.45) is 0 Å². The van der Waals surface area contributed by atoms with Crippen molar-refractivity contribution in [3.63, 3.8) is 0 Å². The van der Waals surface area contributed by atoms with E-state index in [1.54, 1.807) is 16.7 Å². The third-order valence-corrected chi connectivity index (χ3v) is 5.34. The van der Waals surface area contributed by atoms with Crippen molar-refractivity contribution >= 4 is 17.8 Å². The largest absolute Gasteiger partial charge is 0.337 e. The van der Waals surface area contributed by atoms with Crippen LogP contribution in [0.2, 0.25) is 0 Å². The Labute approximate surface area is 166 Å². The Balaban J connectivity index is 1.69. The molecule has 27 heavy (non-hydrogen) atoms. The number of rotatable bonds is 8. The summed E-state index contributed by atoms with van der Waals surface area (Å²) in [6.45, 7) is 5.54. The maximum absolute atomic E-state index is 12.2. The van der Waals surface area contributed by atoms with Crippen molar-refractivity contribution < 1.29 is 4.79 Å².